The minimum atomic E-state index is -0.537. The summed E-state index contributed by atoms with van der Waals surface area (Å²) < 4.78 is 0. The number of carbonyl (C=O) groups excluding carboxylic acids is 1. The quantitative estimate of drug-likeness (QED) is 0.368. The van der Waals surface area contributed by atoms with E-state index in [1.165, 1.54) is 6.08 Å². The van der Waals surface area contributed by atoms with Gasteiger partial charge >= 0.3 is 0 Å². The molecule has 0 bridgehead atoms. The number of carbonyl (C=O) groups is 1. The molecule has 0 spiro atoms. The van der Waals surface area contributed by atoms with Crippen LogP contribution >= 0.6 is 0 Å². The van der Waals surface area contributed by atoms with Crippen molar-refractivity contribution in [3.8, 4) is 0 Å². The fourth-order valence-corrected chi connectivity index (χ4v) is 0.502. The summed E-state index contributed by atoms with van der Waals surface area (Å²) in [5, 5.41) is 9.37. The molecular formula is C6H11N3O. The smallest absolute Gasteiger partial charge is 0.264 e. The van der Waals surface area contributed by atoms with Gasteiger partial charge in [0, 0.05) is 12.8 Å². The van der Waals surface area contributed by atoms with Crippen LogP contribution in [0.1, 0.15) is 6.92 Å². The number of primary amides is 1. The Kier molecular flexibility index (Phi) is 3.95. The van der Waals surface area contributed by atoms with Crippen LogP contribution in [0.15, 0.2) is 11.8 Å². The second-order valence-electron chi connectivity index (χ2n) is 1.64. The van der Waals surface area contributed by atoms with Crippen LogP contribution in [0.25, 0.3) is 0 Å². The number of hydrogen-bond acceptors (Lipinski definition) is 3. The van der Waals surface area contributed by atoms with Crippen molar-refractivity contribution in [2.75, 3.05) is 6.54 Å². The monoisotopic (exact) mass is 141 g/mol. The predicted octanol–water partition coefficient (Wildman–Crippen LogP) is -0.385. The molecule has 0 aromatic carbocycles. The van der Waals surface area contributed by atoms with Gasteiger partial charge in [-0.25, -0.2) is 0 Å². The molecule has 0 aromatic heterocycles. The molecule has 0 heterocycles. The molecule has 0 fully saturated rings. The second-order valence-corrected chi connectivity index (χ2v) is 1.64. The van der Waals surface area contributed by atoms with Gasteiger partial charge in [-0.1, -0.05) is 0 Å². The number of nitrogens with one attached hydrogen (secondary N) is 2. The third-order valence-electron chi connectivity index (χ3n) is 0.883. The minimum absolute atomic E-state index is 0.275. The zero-order valence-corrected chi connectivity index (χ0v) is 5.85. The Bertz CT molecular complexity index is 162. The largest absolute Gasteiger partial charge is 0.381 e. The number of likely N-dealkylation sites (N-methyl/N-ethyl adjacent to an activating group) is 1. The standard InChI is InChI=1S/C6H11N3O/c1-2-9-5(3-4-7)6(8)10/h3-4,7,9H,2H2,1H3,(H2,8,10)/b5-3-,7-4?. The minimum Gasteiger partial charge on any atom is -0.381 e. The molecule has 0 unspecified atom stereocenters. The Hall–Kier alpha value is -1.32. The highest BCUT2D eigenvalue weighted by Crippen LogP contribution is 1.82. The van der Waals surface area contributed by atoms with Gasteiger partial charge in [0.2, 0.25) is 0 Å². The fraction of sp³-hybridized carbons (Fsp3) is 0.333. The summed E-state index contributed by atoms with van der Waals surface area (Å²) in [6.45, 7) is 2.48. The van der Waals surface area contributed by atoms with Crippen molar-refractivity contribution in [1.29, 1.82) is 5.41 Å². The first-order chi connectivity index (χ1) is 4.72. The van der Waals surface area contributed by atoms with Gasteiger partial charge in [-0.2, -0.15) is 0 Å². The van der Waals surface area contributed by atoms with E-state index in [0.29, 0.717) is 6.54 Å². The van der Waals surface area contributed by atoms with Crippen LogP contribution in [0.4, 0.5) is 0 Å². The van der Waals surface area contributed by atoms with Crippen LogP contribution in [-0.4, -0.2) is 18.7 Å². The van der Waals surface area contributed by atoms with Crippen molar-refractivity contribution in [2.45, 2.75) is 6.92 Å². The highest BCUT2D eigenvalue weighted by molar-refractivity contribution is 5.95. The van der Waals surface area contributed by atoms with Crippen molar-refractivity contribution in [3.05, 3.63) is 11.8 Å². The zero-order chi connectivity index (χ0) is 7.98. The highest BCUT2D eigenvalue weighted by Gasteiger charge is 1.99. The van der Waals surface area contributed by atoms with Crippen LogP contribution in [0.2, 0.25) is 0 Å². The van der Waals surface area contributed by atoms with Crippen LogP contribution in [0, 0.1) is 5.41 Å². The highest BCUT2D eigenvalue weighted by atomic mass is 16.1. The van der Waals surface area contributed by atoms with E-state index in [9.17, 15) is 4.79 Å². The van der Waals surface area contributed by atoms with Crippen molar-refractivity contribution >= 4 is 12.1 Å². The van der Waals surface area contributed by atoms with Crippen LogP contribution < -0.4 is 11.1 Å². The number of amides is 1. The number of nitrogens with two attached hydrogens (primary N) is 1. The Morgan fingerprint density at radius 1 is 1.80 bits per heavy atom. The lowest BCUT2D eigenvalue weighted by molar-refractivity contribution is -0.114. The lowest BCUT2D eigenvalue weighted by Crippen LogP contribution is -2.26. The van der Waals surface area contributed by atoms with Crippen molar-refractivity contribution < 1.29 is 4.79 Å². The molecule has 0 atom stereocenters. The van der Waals surface area contributed by atoms with E-state index in [2.05, 4.69) is 5.32 Å². The van der Waals surface area contributed by atoms with Crippen LogP contribution in [-0.2, 0) is 4.79 Å². The van der Waals surface area contributed by atoms with Gasteiger partial charge in [-0.05, 0) is 13.0 Å². The molecule has 0 aromatic rings. The van der Waals surface area contributed by atoms with Gasteiger partial charge in [-0.3, -0.25) is 4.79 Å². The molecule has 4 heteroatoms. The molecule has 0 radical (unpaired) electrons. The number of hydrogen-bond donors (Lipinski definition) is 3. The van der Waals surface area contributed by atoms with E-state index in [4.69, 9.17) is 11.1 Å². The summed E-state index contributed by atoms with van der Waals surface area (Å²) in [4.78, 5) is 10.5. The van der Waals surface area contributed by atoms with Gasteiger partial charge in [-0.15, -0.1) is 0 Å². The van der Waals surface area contributed by atoms with Gasteiger partial charge in [0.05, 0.1) is 0 Å². The third kappa shape index (κ3) is 2.86. The maximum absolute atomic E-state index is 10.5. The maximum atomic E-state index is 10.5. The molecule has 0 saturated heterocycles. The van der Waals surface area contributed by atoms with E-state index in [0.717, 1.165) is 6.21 Å². The molecule has 1 amide bonds. The molecular weight excluding hydrogens is 130 g/mol. The zero-order valence-electron chi connectivity index (χ0n) is 5.85. The molecule has 0 aliphatic carbocycles. The molecule has 4 N–H and O–H groups in total. The second kappa shape index (κ2) is 4.55. The van der Waals surface area contributed by atoms with E-state index in [1.807, 2.05) is 6.92 Å². The van der Waals surface area contributed by atoms with E-state index in [-0.39, 0.29) is 5.70 Å². The molecule has 4 nitrogen and oxygen atoms in total. The van der Waals surface area contributed by atoms with Crippen molar-refractivity contribution in [1.82, 2.24) is 5.32 Å². The van der Waals surface area contributed by atoms with E-state index in [1.54, 1.807) is 0 Å². The van der Waals surface area contributed by atoms with Crippen LogP contribution in [0.5, 0.6) is 0 Å². The van der Waals surface area contributed by atoms with E-state index < -0.39 is 5.91 Å². The lowest BCUT2D eigenvalue weighted by Gasteiger charge is -2.01. The molecule has 0 aliphatic heterocycles. The van der Waals surface area contributed by atoms with Crippen molar-refractivity contribution in [3.63, 3.8) is 0 Å². The summed E-state index contributed by atoms with van der Waals surface area (Å²) in [6, 6.07) is 0. The van der Waals surface area contributed by atoms with Gasteiger partial charge in [0.15, 0.2) is 0 Å². The molecule has 0 saturated carbocycles. The van der Waals surface area contributed by atoms with Gasteiger partial charge < -0.3 is 16.5 Å². The average molecular weight is 141 g/mol. The maximum Gasteiger partial charge on any atom is 0.264 e. The SMILES string of the molecule is CCN/C(=C\C=N)C(N)=O. The molecule has 0 aliphatic rings. The first-order valence-corrected chi connectivity index (χ1v) is 2.96. The number of allylic oxidation sites excluding steroid dienone is 1. The molecule has 10 heavy (non-hydrogen) atoms. The normalized spacial score (nSPS) is 10.7. The van der Waals surface area contributed by atoms with Crippen molar-refractivity contribution in [2.24, 2.45) is 5.73 Å². The first-order valence-electron chi connectivity index (χ1n) is 2.96. The summed E-state index contributed by atoms with van der Waals surface area (Å²) in [6.07, 6.45) is 2.34. The fourth-order valence-electron chi connectivity index (χ4n) is 0.502. The first kappa shape index (κ1) is 8.68. The molecule has 56 valence electrons. The van der Waals surface area contributed by atoms with Gasteiger partial charge in [0.1, 0.15) is 5.70 Å². The summed E-state index contributed by atoms with van der Waals surface area (Å²) in [5.74, 6) is -0.537. The molecule has 0 rings (SSSR count). The Labute approximate surface area is 59.6 Å². The Morgan fingerprint density at radius 3 is 2.70 bits per heavy atom. The summed E-state index contributed by atoms with van der Waals surface area (Å²) >= 11 is 0. The lowest BCUT2D eigenvalue weighted by atomic mass is 10.4. The average Bonchev–Trinajstić information content (AvgIpc) is 1.87. The number of rotatable bonds is 4. The third-order valence-corrected chi connectivity index (χ3v) is 0.883. The van der Waals surface area contributed by atoms with E-state index >= 15 is 0 Å². The Morgan fingerprint density at radius 2 is 2.40 bits per heavy atom. The summed E-state index contributed by atoms with van der Waals surface area (Å²) in [7, 11) is 0. The van der Waals surface area contributed by atoms with Gasteiger partial charge in [0.25, 0.3) is 5.91 Å². The topological polar surface area (TPSA) is 79.0 Å². The summed E-state index contributed by atoms with van der Waals surface area (Å²) in [5.41, 5.74) is 5.21. The Balaban J connectivity index is 4.11. The van der Waals surface area contributed by atoms with Crippen LogP contribution in [0.3, 0.4) is 0 Å². The predicted molar refractivity (Wildman–Crippen MR) is 39.7 cm³/mol.